The number of urea groups is 1. The Bertz CT molecular complexity index is 2280. The van der Waals surface area contributed by atoms with Gasteiger partial charge in [-0.15, -0.1) is 6.58 Å². The van der Waals surface area contributed by atoms with E-state index < -0.39 is 68.6 Å². The maximum absolute atomic E-state index is 14.6. The number of benzene rings is 2. The Hall–Kier alpha value is -5.31. The van der Waals surface area contributed by atoms with Gasteiger partial charge in [-0.2, -0.15) is 5.10 Å². The zero-order valence-corrected chi connectivity index (χ0v) is 32.8. The van der Waals surface area contributed by atoms with Crippen LogP contribution in [0.5, 0.6) is 0 Å². The van der Waals surface area contributed by atoms with Crippen molar-refractivity contribution in [2.24, 2.45) is 11.8 Å². The average molecular weight is 784 g/mol. The van der Waals surface area contributed by atoms with Crippen LogP contribution in [-0.2, 0) is 30.8 Å². The minimum atomic E-state index is -3.92. The molecule has 1 saturated heterocycles. The number of hydrogen-bond acceptors (Lipinski definition) is 8. The van der Waals surface area contributed by atoms with Gasteiger partial charge in [0.1, 0.15) is 17.6 Å². The van der Waals surface area contributed by atoms with Crippen molar-refractivity contribution in [2.45, 2.75) is 87.7 Å². The number of carbonyl (C=O) groups is 4. The van der Waals surface area contributed by atoms with Gasteiger partial charge in [-0.1, -0.05) is 68.5 Å². The SMILES string of the molecule is C=C[C@@H]1C[C@]1(NC(=O)[C@@H]1CC2CN1C(=O)[C@H](C(C)C)NC(=O)N(C)CC/C=C/CCc1c(-c3ccc4ccccc4c3)cnn2c1=O)C(=O)NS(=O)(=O)C1CC1. The third kappa shape index (κ3) is 7.60. The summed E-state index contributed by atoms with van der Waals surface area (Å²) in [5.74, 6) is -2.98. The number of hydrogen-bond donors (Lipinski definition) is 3. The number of nitrogens with zero attached hydrogens (tertiary/aromatic N) is 4. The largest absolute Gasteiger partial charge is 0.339 e. The predicted octanol–water partition coefficient (Wildman–Crippen LogP) is 3.43. The molecule has 5 amide bonds. The minimum absolute atomic E-state index is 0.0192. The van der Waals surface area contributed by atoms with Gasteiger partial charge >= 0.3 is 6.03 Å². The molecule has 56 heavy (non-hydrogen) atoms. The lowest BCUT2D eigenvalue weighted by Gasteiger charge is -2.32. The van der Waals surface area contributed by atoms with E-state index in [1.807, 2.05) is 54.6 Å². The second-order valence-corrected chi connectivity index (χ2v) is 17.8. The van der Waals surface area contributed by atoms with E-state index in [0.29, 0.717) is 49.8 Å². The van der Waals surface area contributed by atoms with Gasteiger partial charge < -0.3 is 20.4 Å². The van der Waals surface area contributed by atoms with E-state index in [-0.39, 0.29) is 30.9 Å². The molecule has 2 aliphatic heterocycles. The highest BCUT2D eigenvalue weighted by Gasteiger charge is 2.62. The summed E-state index contributed by atoms with van der Waals surface area (Å²) < 4.78 is 29.0. The zero-order chi connectivity index (χ0) is 39.9. The van der Waals surface area contributed by atoms with E-state index in [4.69, 9.17) is 0 Å². The number of carbonyl (C=O) groups excluding carboxylic acids is 4. The second-order valence-electron chi connectivity index (χ2n) is 15.8. The highest BCUT2D eigenvalue weighted by atomic mass is 32.2. The van der Waals surface area contributed by atoms with E-state index >= 15 is 0 Å². The topological polar surface area (TPSA) is 180 Å². The summed E-state index contributed by atoms with van der Waals surface area (Å²) in [6, 6.07) is 10.6. The number of nitrogens with one attached hydrogen (secondary N) is 3. The first-order valence-electron chi connectivity index (χ1n) is 19.3. The summed E-state index contributed by atoms with van der Waals surface area (Å²) in [6.45, 7) is 7.67. The monoisotopic (exact) mass is 783 g/mol. The van der Waals surface area contributed by atoms with Crippen LogP contribution in [0.2, 0.25) is 0 Å². The summed E-state index contributed by atoms with van der Waals surface area (Å²) in [6.07, 6.45) is 9.65. The highest BCUT2D eigenvalue weighted by Crippen LogP contribution is 2.45. The van der Waals surface area contributed by atoms with Crippen LogP contribution in [-0.4, -0.2) is 94.8 Å². The zero-order valence-electron chi connectivity index (χ0n) is 31.9. The van der Waals surface area contributed by atoms with Crippen LogP contribution in [0.15, 0.2) is 78.3 Å². The van der Waals surface area contributed by atoms with Gasteiger partial charge in [0.2, 0.25) is 21.8 Å². The van der Waals surface area contributed by atoms with Crippen LogP contribution in [0.1, 0.15) is 64.0 Å². The lowest BCUT2D eigenvalue weighted by molar-refractivity contribution is -0.141. The molecular weight excluding hydrogens is 735 g/mol. The molecule has 2 aliphatic carbocycles. The maximum atomic E-state index is 14.6. The van der Waals surface area contributed by atoms with Crippen molar-refractivity contribution < 1.29 is 27.6 Å². The summed E-state index contributed by atoms with van der Waals surface area (Å²) in [5.41, 5.74) is 0.160. The molecule has 2 aromatic carbocycles. The van der Waals surface area contributed by atoms with Crippen molar-refractivity contribution >= 4 is 44.5 Å². The molecule has 296 valence electrons. The van der Waals surface area contributed by atoms with Crippen molar-refractivity contribution in [3.05, 3.63) is 89.4 Å². The molecular formula is C41H49N7O7S. The third-order valence-corrected chi connectivity index (χ3v) is 13.4. The van der Waals surface area contributed by atoms with Gasteiger partial charge in [0, 0.05) is 43.6 Å². The number of allylic oxidation sites excluding steroid dienone is 1. The number of amides is 5. The molecule has 2 saturated carbocycles. The Balaban J connectivity index is 1.27. The fraction of sp³-hybridized carbons (Fsp3) is 0.463. The highest BCUT2D eigenvalue weighted by molar-refractivity contribution is 7.91. The van der Waals surface area contributed by atoms with Crippen LogP contribution in [0.4, 0.5) is 4.79 Å². The van der Waals surface area contributed by atoms with Crippen molar-refractivity contribution in [3.63, 3.8) is 0 Å². The molecule has 3 aromatic rings. The molecule has 4 aliphatic rings. The summed E-state index contributed by atoms with van der Waals surface area (Å²) in [7, 11) is -2.27. The number of aromatic nitrogens is 2. The van der Waals surface area contributed by atoms with Crippen molar-refractivity contribution in [1.29, 1.82) is 0 Å². The number of rotatable bonds is 8. The molecule has 3 N–H and O–H groups in total. The van der Waals surface area contributed by atoms with E-state index in [2.05, 4.69) is 27.0 Å². The molecule has 1 unspecified atom stereocenters. The lowest BCUT2D eigenvalue weighted by atomic mass is 9.97. The smallest absolute Gasteiger partial charge is 0.317 e. The quantitative estimate of drug-likeness (QED) is 0.291. The average Bonchev–Trinajstić information content (AvgIpc) is 4.10. The first-order valence-corrected chi connectivity index (χ1v) is 20.9. The maximum Gasteiger partial charge on any atom is 0.317 e. The van der Waals surface area contributed by atoms with Crippen LogP contribution < -0.4 is 20.9 Å². The Labute approximate surface area is 326 Å². The van der Waals surface area contributed by atoms with Crippen molar-refractivity contribution in [1.82, 2.24) is 34.9 Å². The standard InChI is InChI=1S/C41H49N7O7S/c1-5-29-22-41(29,39(52)45-56(54,55)31-17-18-31)44-36(49)34-21-30-24-47(34)38(51)35(25(2)3)43-40(53)46(4)19-11-7-6-8-14-32-33(23-42-48(30)37(32)50)28-16-15-26-12-9-10-13-27(26)20-28/h5-7,9-10,12-13,15-16,20,23,25,29-31,34-35H,1,8,11,14,17-19,21-22,24H2,2-4H3,(H,43,53)(H,44,49)(H,45,52)/b7-6+/t29-,30?,34+,35+,41-/m1/s1. The molecule has 0 spiro atoms. The van der Waals surface area contributed by atoms with Gasteiger partial charge in [0.15, 0.2) is 0 Å². The second kappa shape index (κ2) is 15.3. The van der Waals surface area contributed by atoms with Crippen LogP contribution in [0.25, 0.3) is 21.9 Å². The normalized spacial score (nSPS) is 26.4. The summed E-state index contributed by atoms with van der Waals surface area (Å²) in [4.78, 5) is 73.3. The van der Waals surface area contributed by atoms with Crippen LogP contribution >= 0.6 is 0 Å². The van der Waals surface area contributed by atoms with Crippen LogP contribution in [0, 0.1) is 11.8 Å². The minimum Gasteiger partial charge on any atom is -0.339 e. The van der Waals surface area contributed by atoms with Gasteiger partial charge in [-0.25, -0.2) is 17.9 Å². The molecule has 5 atom stereocenters. The van der Waals surface area contributed by atoms with Gasteiger partial charge in [0.25, 0.3) is 11.5 Å². The molecule has 1 aromatic heterocycles. The van der Waals surface area contributed by atoms with E-state index in [1.54, 1.807) is 27.1 Å². The Morgan fingerprint density at radius 2 is 1.79 bits per heavy atom. The van der Waals surface area contributed by atoms with Gasteiger partial charge in [-0.05, 0) is 66.8 Å². The number of sulfonamides is 1. The van der Waals surface area contributed by atoms with E-state index in [0.717, 1.165) is 16.3 Å². The Kier molecular flexibility index (Phi) is 10.7. The number of fused-ring (bicyclic) bond motifs is 6. The van der Waals surface area contributed by atoms with E-state index in [9.17, 15) is 32.4 Å². The molecule has 14 nitrogen and oxygen atoms in total. The lowest BCUT2D eigenvalue weighted by Crippen LogP contribution is -2.59. The fourth-order valence-electron chi connectivity index (χ4n) is 7.88. The summed E-state index contributed by atoms with van der Waals surface area (Å²) in [5, 5.41) is 11.7. The molecule has 0 radical (unpaired) electrons. The predicted molar refractivity (Wildman–Crippen MR) is 212 cm³/mol. The molecule has 3 heterocycles. The first kappa shape index (κ1) is 38.9. The third-order valence-electron chi connectivity index (χ3n) is 11.5. The molecule has 4 bridgehead atoms. The van der Waals surface area contributed by atoms with Crippen LogP contribution in [0.3, 0.4) is 0 Å². The van der Waals surface area contributed by atoms with Gasteiger partial charge in [0.05, 0.1) is 17.5 Å². The van der Waals surface area contributed by atoms with Crippen molar-refractivity contribution in [2.75, 3.05) is 20.1 Å². The van der Waals surface area contributed by atoms with Gasteiger partial charge in [-0.3, -0.25) is 23.9 Å². The first-order chi connectivity index (χ1) is 26.7. The van der Waals surface area contributed by atoms with E-state index in [1.165, 1.54) is 20.6 Å². The Morgan fingerprint density at radius 1 is 1.05 bits per heavy atom. The molecule has 15 heteroatoms. The Morgan fingerprint density at radius 3 is 2.48 bits per heavy atom. The summed E-state index contributed by atoms with van der Waals surface area (Å²) >= 11 is 0. The fourth-order valence-corrected chi connectivity index (χ4v) is 9.25. The van der Waals surface area contributed by atoms with Crippen molar-refractivity contribution in [3.8, 4) is 11.1 Å². The molecule has 3 fully saturated rings. The molecule has 7 rings (SSSR count).